The van der Waals surface area contributed by atoms with E-state index in [1.807, 2.05) is 30.3 Å². The van der Waals surface area contributed by atoms with E-state index >= 15 is 0 Å². The molecule has 2 saturated heterocycles. The fourth-order valence-electron chi connectivity index (χ4n) is 3.55. The zero-order chi connectivity index (χ0) is 21.3. The van der Waals surface area contributed by atoms with Crippen molar-refractivity contribution in [3.05, 3.63) is 70.3 Å². The summed E-state index contributed by atoms with van der Waals surface area (Å²) >= 11 is 6.46. The van der Waals surface area contributed by atoms with Crippen LogP contribution in [0.3, 0.4) is 0 Å². The second-order valence-corrected chi connectivity index (χ2v) is 9.14. The van der Waals surface area contributed by atoms with E-state index in [0.29, 0.717) is 0 Å². The molecule has 2 aliphatic rings. The maximum absolute atomic E-state index is 13.0. The molecule has 4 rings (SSSR count). The van der Waals surface area contributed by atoms with Gasteiger partial charge in [0.15, 0.2) is 11.2 Å². The number of ether oxygens (including phenoxy) is 3. The summed E-state index contributed by atoms with van der Waals surface area (Å²) < 4.78 is 45.7. The number of fused-ring (bicyclic) bond motifs is 2. The minimum absolute atomic E-state index is 0.205. The highest BCUT2D eigenvalue weighted by atomic mass is 35.5. The van der Waals surface area contributed by atoms with Crippen LogP contribution in [0.4, 0.5) is 5.69 Å². The fourth-order valence-corrected chi connectivity index (χ4v) is 5.40. The van der Waals surface area contributed by atoms with Crippen molar-refractivity contribution in [1.82, 2.24) is 4.72 Å². The van der Waals surface area contributed by atoms with Crippen LogP contribution in [-0.4, -0.2) is 49.9 Å². The Balaban J connectivity index is 1.60. The van der Waals surface area contributed by atoms with Crippen LogP contribution in [0.15, 0.2) is 59.5 Å². The molecule has 0 radical (unpaired) electrons. The van der Waals surface area contributed by atoms with Crippen molar-refractivity contribution >= 4 is 27.3 Å². The van der Waals surface area contributed by atoms with Crippen LogP contribution in [0.5, 0.6) is 0 Å². The van der Waals surface area contributed by atoms with Gasteiger partial charge in [0.2, 0.25) is 10.0 Å². The molecule has 0 aromatic heterocycles. The molecule has 160 valence electrons. The van der Waals surface area contributed by atoms with Crippen molar-refractivity contribution in [2.75, 3.05) is 6.61 Å². The number of hydrogen-bond acceptors (Lipinski definition) is 7. The molecular formula is C19H19ClN2O7S. The van der Waals surface area contributed by atoms with Crippen molar-refractivity contribution in [1.29, 1.82) is 0 Å². The average molecular weight is 455 g/mol. The first-order valence-electron chi connectivity index (χ1n) is 9.19. The van der Waals surface area contributed by atoms with E-state index in [-0.39, 0.29) is 13.2 Å². The number of rotatable bonds is 7. The molecule has 2 heterocycles. The van der Waals surface area contributed by atoms with Crippen LogP contribution >= 0.6 is 11.6 Å². The summed E-state index contributed by atoms with van der Waals surface area (Å²) in [6, 6.07) is 13.6. The van der Waals surface area contributed by atoms with Crippen molar-refractivity contribution in [2.45, 2.75) is 41.4 Å². The summed E-state index contributed by atoms with van der Waals surface area (Å²) in [6.45, 7) is 0.417. The highest BCUT2D eigenvalue weighted by Gasteiger charge is 2.52. The number of hydrogen-bond donors (Lipinski definition) is 1. The lowest BCUT2D eigenvalue weighted by molar-refractivity contribution is -0.387. The van der Waals surface area contributed by atoms with Gasteiger partial charge in [-0.15, -0.1) is 11.6 Å². The molecule has 2 bridgehead atoms. The summed E-state index contributed by atoms with van der Waals surface area (Å²) in [4.78, 5) is 10.1. The second-order valence-electron chi connectivity index (χ2n) is 6.95. The van der Waals surface area contributed by atoms with Gasteiger partial charge >= 0.3 is 0 Å². The minimum Gasteiger partial charge on any atom is -0.369 e. The van der Waals surface area contributed by atoms with E-state index in [0.717, 1.165) is 11.6 Å². The molecule has 0 amide bonds. The van der Waals surface area contributed by atoms with Crippen LogP contribution < -0.4 is 4.72 Å². The normalized spacial score (nSPS) is 28.4. The van der Waals surface area contributed by atoms with Crippen molar-refractivity contribution in [3.8, 4) is 0 Å². The van der Waals surface area contributed by atoms with Crippen LogP contribution in [0.1, 0.15) is 5.56 Å². The molecule has 0 spiro atoms. The summed E-state index contributed by atoms with van der Waals surface area (Å²) in [5, 5.41) is 10.4. The Hall–Kier alpha value is -2.08. The van der Waals surface area contributed by atoms with Crippen LogP contribution in [0.25, 0.3) is 0 Å². The third-order valence-corrected chi connectivity index (χ3v) is 6.97. The number of nitrogens with zero attached hydrogens (tertiary/aromatic N) is 1. The Morgan fingerprint density at radius 2 is 1.87 bits per heavy atom. The van der Waals surface area contributed by atoms with Gasteiger partial charge in [0, 0.05) is 6.07 Å². The Bertz CT molecular complexity index is 1020. The van der Waals surface area contributed by atoms with E-state index in [9.17, 15) is 18.5 Å². The zero-order valence-corrected chi connectivity index (χ0v) is 17.2. The van der Waals surface area contributed by atoms with E-state index in [1.54, 1.807) is 0 Å². The van der Waals surface area contributed by atoms with Gasteiger partial charge < -0.3 is 14.2 Å². The van der Waals surface area contributed by atoms with Crippen molar-refractivity contribution < 1.29 is 27.6 Å². The monoisotopic (exact) mass is 454 g/mol. The summed E-state index contributed by atoms with van der Waals surface area (Å²) in [5.41, 5.74) is 0.370. The number of nitrogens with one attached hydrogen (secondary N) is 1. The molecular weight excluding hydrogens is 436 g/mol. The SMILES string of the molecule is O=[N+]([O-])c1ccccc1S(=O)(=O)N[C@@H]1[C@@H](Cl)[C@@H]2OC[C@@H](O2)[C@H]1OCc1ccccc1. The van der Waals surface area contributed by atoms with E-state index < -0.39 is 55.4 Å². The number of nitro benzene ring substituents is 1. The second kappa shape index (κ2) is 8.58. The molecule has 5 atom stereocenters. The Labute approximate surface area is 178 Å². The highest BCUT2D eigenvalue weighted by Crippen LogP contribution is 2.35. The Morgan fingerprint density at radius 3 is 2.60 bits per heavy atom. The zero-order valence-electron chi connectivity index (χ0n) is 15.6. The van der Waals surface area contributed by atoms with Gasteiger partial charge in [-0.1, -0.05) is 42.5 Å². The van der Waals surface area contributed by atoms with Gasteiger partial charge in [-0.25, -0.2) is 13.1 Å². The number of alkyl halides is 1. The Kier molecular flexibility index (Phi) is 6.05. The van der Waals surface area contributed by atoms with Gasteiger partial charge in [0.05, 0.1) is 24.2 Å². The summed E-state index contributed by atoms with van der Waals surface area (Å²) in [6.07, 6.45) is -2.07. The average Bonchev–Trinajstić information content (AvgIpc) is 3.19. The lowest BCUT2D eigenvalue weighted by Crippen LogP contribution is -2.60. The maximum Gasteiger partial charge on any atom is 0.289 e. The lowest BCUT2D eigenvalue weighted by Gasteiger charge is -2.38. The molecule has 2 aromatic rings. The van der Waals surface area contributed by atoms with Crippen LogP contribution in [-0.2, 0) is 30.8 Å². The molecule has 11 heteroatoms. The largest absolute Gasteiger partial charge is 0.369 e. The van der Waals surface area contributed by atoms with Crippen molar-refractivity contribution in [2.24, 2.45) is 0 Å². The summed E-state index contributed by atoms with van der Waals surface area (Å²) in [5.74, 6) is 0. The topological polar surface area (TPSA) is 117 Å². The standard InChI is InChI=1S/C19H19ClN2O7S/c20-16-17(21-30(25,26)15-9-5-4-8-13(15)22(23)24)18(14-11-28-19(16)29-14)27-10-12-6-2-1-3-7-12/h1-9,14,16-19,21H,10-11H2/t14-,16-,17-,18-,19-/m1/s1. The number of halogens is 1. The van der Waals surface area contributed by atoms with Gasteiger partial charge in [0.1, 0.15) is 17.6 Å². The lowest BCUT2D eigenvalue weighted by atomic mass is 10.0. The molecule has 0 saturated carbocycles. The minimum atomic E-state index is -4.27. The summed E-state index contributed by atoms with van der Waals surface area (Å²) in [7, 11) is -4.27. The molecule has 2 aliphatic heterocycles. The predicted octanol–water partition coefficient (Wildman–Crippen LogP) is 2.19. The predicted molar refractivity (Wildman–Crippen MR) is 106 cm³/mol. The molecule has 1 N–H and O–H groups in total. The van der Waals surface area contributed by atoms with Crippen LogP contribution in [0.2, 0.25) is 0 Å². The number of para-hydroxylation sites is 1. The van der Waals surface area contributed by atoms with E-state index in [2.05, 4.69) is 4.72 Å². The van der Waals surface area contributed by atoms with Gasteiger partial charge in [0.25, 0.3) is 5.69 Å². The first-order chi connectivity index (χ1) is 14.4. The molecule has 0 aliphatic carbocycles. The van der Waals surface area contributed by atoms with Gasteiger partial charge in [-0.3, -0.25) is 10.1 Å². The third-order valence-electron chi connectivity index (χ3n) is 4.99. The smallest absolute Gasteiger partial charge is 0.289 e. The third kappa shape index (κ3) is 4.20. The van der Waals surface area contributed by atoms with Crippen molar-refractivity contribution in [3.63, 3.8) is 0 Å². The molecule has 0 unspecified atom stereocenters. The van der Waals surface area contributed by atoms with Crippen LogP contribution in [0, 0.1) is 10.1 Å². The quantitative estimate of drug-likeness (QED) is 0.387. The molecule has 2 fully saturated rings. The first-order valence-corrected chi connectivity index (χ1v) is 11.1. The first kappa shape index (κ1) is 21.2. The molecule has 30 heavy (non-hydrogen) atoms. The molecule has 9 nitrogen and oxygen atoms in total. The fraction of sp³-hybridized carbons (Fsp3) is 0.368. The van der Waals surface area contributed by atoms with Gasteiger partial charge in [-0.05, 0) is 11.6 Å². The van der Waals surface area contributed by atoms with E-state index in [4.69, 9.17) is 25.8 Å². The van der Waals surface area contributed by atoms with E-state index in [1.165, 1.54) is 18.2 Å². The number of sulfonamides is 1. The number of benzene rings is 2. The number of nitro groups is 1. The molecule has 2 aromatic carbocycles. The Morgan fingerprint density at radius 1 is 1.17 bits per heavy atom. The highest BCUT2D eigenvalue weighted by molar-refractivity contribution is 7.89. The van der Waals surface area contributed by atoms with Gasteiger partial charge in [-0.2, -0.15) is 0 Å². The maximum atomic E-state index is 13.0.